The molecular weight excluding hydrogens is 264 g/mol. The zero-order valence-corrected chi connectivity index (χ0v) is 10.9. The molecule has 1 aliphatic carbocycles. The van der Waals surface area contributed by atoms with Gasteiger partial charge in [-0.3, -0.25) is 4.79 Å². The van der Waals surface area contributed by atoms with Crippen LogP contribution in [0.4, 0.5) is 0 Å². The molecule has 1 aromatic heterocycles. The van der Waals surface area contributed by atoms with Gasteiger partial charge in [0.05, 0.1) is 12.1 Å². The molecule has 8 heteroatoms. The number of aliphatic hydroxyl groups excluding tert-OH is 1. The topological polar surface area (TPSA) is 99.3 Å². The number of hydrogen-bond donors (Lipinski definition) is 3. The summed E-state index contributed by atoms with van der Waals surface area (Å²) < 4.78 is 26.6. The largest absolute Gasteiger partial charge is 0.394 e. The van der Waals surface area contributed by atoms with Gasteiger partial charge in [0.25, 0.3) is 10.0 Å². The molecule has 2 rings (SSSR count). The zero-order valence-electron chi connectivity index (χ0n) is 9.32. The van der Waals surface area contributed by atoms with Crippen LogP contribution in [0.3, 0.4) is 0 Å². The number of hydrogen-bond acceptors (Lipinski definition) is 5. The van der Waals surface area contributed by atoms with Gasteiger partial charge in [0.15, 0.2) is 4.21 Å². The summed E-state index contributed by atoms with van der Waals surface area (Å²) in [4.78, 5) is 13.1. The van der Waals surface area contributed by atoms with E-state index in [-0.39, 0.29) is 10.8 Å². The Labute approximate surface area is 103 Å². The minimum absolute atomic E-state index is 0.00206. The Morgan fingerprint density at radius 1 is 1.53 bits per heavy atom. The third-order valence-corrected chi connectivity index (χ3v) is 6.17. The lowest BCUT2D eigenvalue weighted by Gasteiger charge is -2.40. The molecule has 0 bridgehead atoms. The first-order valence-corrected chi connectivity index (χ1v) is 7.53. The lowest BCUT2D eigenvalue weighted by atomic mass is 9.78. The van der Waals surface area contributed by atoms with E-state index < -0.39 is 20.4 Å². The molecule has 3 N–H and O–H groups in total. The van der Waals surface area contributed by atoms with Gasteiger partial charge in [-0.05, 0) is 26.2 Å². The summed E-state index contributed by atoms with van der Waals surface area (Å²) in [5.74, 6) is 0. The monoisotopic (exact) mass is 278 g/mol. The summed E-state index contributed by atoms with van der Waals surface area (Å²) in [6.45, 7) is 1.32. The molecule has 0 unspecified atom stereocenters. The van der Waals surface area contributed by atoms with Crippen molar-refractivity contribution in [2.24, 2.45) is 0 Å². The van der Waals surface area contributed by atoms with Crippen LogP contribution in [0.1, 0.15) is 25.0 Å². The van der Waals surface area contributed by atoms with Crippen molar-refractivity contribution in [2.45, 2.75) is 35.9 Å². The van der Waals surface area contributed by atoms with E-state index in [1.54, 1.807) is 6.92 Å². The van der Waals surface area contributed by atoms with Gasteiger partial charge in [0, 0.05) is 5.69 Å². The van der Waals surface area contributed by atoms with Crippen molar-refractivity contribution in [3.63, 3.8) is 0 Å². The van der Waals surface area contributed by atoms with E-state index in [0.29, 0.717) is 29.9 Å². The van der Waals surface area contributed by atoms with E-state index in [4.69, 9.17) is 0 Å². The van der Waals surface area contributed by atoms with Crippen molar-refractivity contribution in [3.8, 4) is 0 Å². The molecule has 96 valence electrons. The van der Waals surface area contributed by atoms with Crippen molar-refractivity contribution in [3.05, 3.63) is 15.4 Å². The molecular formula is C9H14N2O4S2. The molecule has 1 saturated carbocycles. The third kappa shape index (κ3) is 2.30. The summed E-state index contributed by atoms with van der Waals surface area (Å²) in [5, 5.41) is 9.23. The van der Waals surface area contributed by atoms with Crippen LogP contribution in [-0.2, 0) is 10.0 Å². The molecule has 0 radical (unpaired) electrons. The highest BCUT2D eigenvalue weighted by Gasteiger charge is 2.41. The molecule has 17 heavy (non-hydrogen) atoms. The zero-order chi connectivity index (χ0) is 12.7. The Balaban J connectivity index is 2.31. The predicted molar refractivity (Wildman–Crippen MR) is 63.7 cm³/mol. The van der Waals surface area contributed by atoms with E-state index in [0.717, 1.165) is 6.42 Å². The first kappa shape index (κ1) is 12.7. The third-order valence-electron chi connectivity index (χ3n) is 2.99. The fourth-order valence-electron chi connectivity index (χ4n) is 1.87. The number of aromatic amines is 1. The quantitative estimate of drug-likeness (QED) is 0.718. The Hall–Kier alpha value is -0.700. The summed E-state index contributed by atoms with van der Waals surface area (Å²) in [5.41, 5.74) is -0.405. The summed E-state index contributed by atoms with van der Waals surface area (Å²) >= 11 is 0.664. The van der Waals surface area contributed by atoms with E-state index in [2.05, 4.69) is 9.71 Å². The van der Waals surface area contributed by atoms with E-state index >= 15 is 0 Å². The molecule has 0 saturated heterocycles. The van der Waals surface area contributed by atoms with Crippen molar-refractivity contribution in [2.75, 3.05) is 6.61 Å². The normalized spacial score (nSPS) is 18.9. The molecule has 0 aliphatic heterocycles. The van der Waals surface area contributed by atoms with Gasteiger partial charge in [-0.15, -0.1) is 0 Å². The SMILES string of the molecule is Cc1[nH]c(=O)sc1S(=O)(=O)NC1(CO)CCC1. The van der Waals surface area contributed by atoms with Crippen molar-refractivity contribution < 1.29 is 13.5 Å². The van der Waals surface area contributed by atoms with Gasteiger partial charge in [-0.25, -0.2) is 13.1 Å². The first-order chi connectivity index (χ1) is 7.88. The van der Waals surface area contributed by atoms with Crippen LogP contribution in [0.25, 0.3) is 0 Å². The standard InChI is InChI=1S/C9H14N2O4S2/c1-6-7(16-8(13)10-6)17(14,15)11-9(5-12)3-2-4-9/h11-12H,2-5H2,1H3,(H,10,13). The maximum Gasteiger partial charge on any atom is 0.305 e. The summed E-state index contributed by atoms with van der Waals surface area (Å²) in [6.07, 6.45) is 2.15. The van der Waals surface area contributed by atoms with Gasteiger partial charge >= 0.3 is 4.87 Å². The number of aryl methyl sites for hydroxylation is 1. The second-order valence-electron chi connectivity index (χ2n) is 4.32. The number of rotatable bonds is 4. The molecule has 1 fully saturated rings. The number of nitrogens with one attached hydrogen (secondary N) is 2. The number of H-pyrrole nitrogens is 1. The van der Waals surface area contributed by atoms with Crippen LogP contribution in [0.15, 0.2) is 9.00 Å². The highest BCUT2D eigenvalue weighted by atomic mass is 32.2. The maximum atomic E-state index is 12.1. The number of sulfonamides is 1. The van der Waals surface area contributed by atoms with E-state index in [1.807, 2.05) is 0 Å². The average molecular weight is 278 g/mol. The molecule has 1 heterocycles. The molecule has 1 aliphatic rings. The van der Waals surface area contributed by atoms with Gasteiger partial charge in [-0.1, -0.05) is 11.3 Å². The van der Waals surface area contributed by atoms with Gasteiger partial charge in [-0.2, -0.15) is 0 Å². The highest BCUT2D eigenvalue weighted by molar-refractivity contribution is 7.91. The van der Waals surface area contributed by atoms with Gasteiger partial charge in [0.2, 0.25) is 0 Å². The minimum atomic E-state index is -3.72. The highest BCUT2D eigenvalue weighted by Crippen LogP contribution is 2.33. The molecule has 0 spiro atoms. The predicted octanol–water partition coefficient (Wildman–Crippen LogP) is -0.0619. The maximum absolute atomic E-state index is 12.1. The fraction of sp³-hybridized carbons (Fsp3) is 0.667. The molecule has 0 amide bonds. The summed E-state index contributed by atoms with van der Waals surface area (Å²) in [7, 11) is -3.72. The van der Waals surface area contributed by atoms with Crippen molar-refractivity contribution in [1.29, 1.82) is 0 Å². The Bertz CT molecular complexity index is 563. The molecule has 0 aromatic carbocycles. The van der Waals surface area contributed by atoms with Gasteiger partial charge in [0.1, 0.15) is 0 Å². The fourth-order valence-corrected chi connectivity index (χ4v) is 4.63. The second kappa shape index (κ2) is 4.20. The lowest BCUT2D eigenvalue weighted by Crippen LogP contribution is -2.55. The number of thiazole rings is 1. The van der Waals surface area contributed by atoms with Crippen LogP contribution in [0.2, 0.25) is 0 Å². The Kier molecular flexibility index (Phi) is 3.15. The van der Waals surface area contributed by atoms with Crippen LogP contribution in [0.5, 0.6) is 0 Å². The summed E-state index contributed by atoms with van der Waals surface area (Å²) in [6, 6.07) is 0. The van der Waals surface area contributed by atoms with Crippen LogP contribution in [-0.4, -0.2) is 30.7 Å². The van der Waals surface area contributed by atoms with Crippen LogP contribution >= 0.6 is 11.3 Å². The Morgan fingerprint density at radius 2 is 2.18 bits per heavy atom. The van der Waals surface area contributed by atoms with Crippen LogP contribution < -0.4 is 9.60 Å². The molecule has 1 aromatic rings. The minimum Gasteiger partial charge on any atom is -0.394 e. The van der Waals surface area contributed by atoms with Crippen LogP contribution in [0, 0.1) is 6.92 Å². The number of aromatic nitrogens is 1. The lowest BCUT2D eigenvalue weighted by molar-refractivity contribution is 0.111. The second-order valence-corrected chi connectivity index (χ2v) is 7.19. The smallest absolute Gasteiger partial charge is 0.305 e. The number of aliphatic hydroxyl groups is 1. The van der Waals surface area contributed by atoms with E-state index in [9.17, 15) is 18.3 Å². The van der Waals surface area contributed by atoms with Crippen molar-refractivity contribution in [1.82, 2.24) is 9.71 Å². The first-order valence-electron chi connectivity index (χ1n) is 5.23. The van der Waals surface area contributed by atoms with Gasteiger partial charge < -0.3 is 10.1 Å². The average Bonchev–Trinajstić information content (AvgIpc) is 2.52. The Morgan fingerprint density at radius 3 is 2.53 bits per heavy atom. The molecule has 6 nitrogen and oxygen atoms in total. The van der Waals surface area contributed by atoms with E-state index in [1.165, 1.54) is 0 Å². The van der Waals surface area contributed by atoms with Crippen molar-refractivity contribution >= 4 is 21.4 Å². The molecule has 0 atom stereocenters.